The van der Waals surface area contributed by atoms with Crippen LogP contribution in [0.5, 0.6) is 5.75 Å². The van der Waals surface area contributed by atoms with Crippen LogP contribution in [0.15, 0.2) is 41.1 Å². The zero-order valence-corrected chi connectivity index (χ0v) is 16.5. The molecule has 5 nitrogen and oxygen atoms in total. The maximum atomic E-state index is 12.5. The first-order chi connectivity index (χ1) is 13.0. The maximum absolute atomic E-state index is 12.5. The molecule has 1 saturated heterocycles. The highest BCUT2D eigenvalue weighted by molar-refractivity contribution is 7.08. The van der Waals surface area contributed by atoms with Gasteiger partial charge in [0, 0.05) is 6.54 Å². The van der Waals surface area contributed by atoms with Crippen molar-refractivity contribution in [3.05, 3.63) is 52.2 Å². The topological polar surface area (TPSA) is 55.8 Å². The predicted octanol–water partition coefficient (Wildman–Crippen LogP) is 3.98. The van der Waals surface area contributed by atoms with Crippen LogP contribution in [0.1, 0.15) is 43.9 Å². The summed E-state index contributed by atoms with van der Waals surface area (Å²) in [7, 11) is 0. The van der Waals surface area contributed by atoms with E-state index < -0.39 is 5.97 Å². The molecule has 144 valence electrons. The van der Waals surface area contributed by atoms with E-state index in [-0.39, 0.29) is 31.1 Å². The van der Waals surface area contributed by atoms with E-state index in [2.05, 4.69) is 11.4 Å². The monoisotopic (exact) mass is 387 g/mol. The number of rotatable bonds is 7. The Morgan fingerprint density at radius 2 is 2.15 bits per heavy atom. The van der Waals surface area contributed by atoms with Crippen molar-refractivity contribution in [2.24, 2.45) is 0 Å². The summed E-state index contributed by atoms with van der Waals surface area (Å²) >= 11 is 1.63. The first kappa shape index (κ1) is 19.4. The number of esters is 1. The molecule has 2 aromatic rings. The van der Waals surface area contributed by atoms with E-state index in [0.29, 0.717) is 6.54 Å². The summed E-state index contributed by atoms with van der Waals surface area (Å²) in [6, 6.07) is 9.54. The van der Waals surface area contributed by atoms with Gasteiger partial charge >= 0.3 is 5.97 Å². The Morgan fingerprint density at radius 1 is 1.30 bits per heavy atom. The maximum Gasteiger partial charge on any atom is 0.310 e. The van der Waals surface area contributed by atoms with E-state index >= 15 is 0 Å². The highest BCUT2D eigenvalue weighted by Crippen LogP contribution is 2.33. The van der Waals surface area contributed by atoms with Gasteiger partial charge in [-0.3, -0.25) is 9.59 Å². The number of carbonyl (C=O) groups excluding carboxylic acids is 2. The Labute approximate surface area is 163 Å². The van der Waals surface area contributed by atoms with Crippen LogP contribution in [0.25, 0.3) is 0 Å². The van der Waals surface area contributed by atoms with E-state index in [0.717, 1.165) is 24.2 Å². The molecule has 1 amide bonds. The van der Waals surface area contributed by atoms with E-state index in [1.807, 2.05) is 48.4 Å². The van der Waals surface area contributed by atoms with Crippen molar-refractivity contribution in [3.63, 3.8) is 0 Å². The summed E-state index contributed by atoms with van der Waals surface area (Å²) in [6.45, 7) is 4.41. The summed E-state index contributed by atoms with van der Waals surface area (Å²) in [5.41, 5.74) is 1.97. The molecule has 1 fully saturated rings. The number of amides is 1. The van der Waals surface area contributed by atoms with Gasteiger partial charge in [-0.15, -0.1) is 0 Å². The fraction of sp³-hybridized carbons (Fsp3) is 0.429. The van der Waals surface area contributed by atoms with E-state index in [1.54, 1.807) is 11.3 Å². The first-order valence-corrected chi connectivity index (χ1v) is 10.2. The smallest absolute Gasteiger partial charge is 0.310 e. The summed E-state index contributed by atoms with van der Waals surface area (Å²) in [5, 5.41) is 4.10. The van der Waals surface area contributed by atoms with Crippen molar-refractivity contribution in [1.82, 2.24) is 4.90 Å². The van der Waals surface area contributed by atoms with Crippen LogP contribution < -0.4 is 4.74 Å². The number of nitrogens with zero attached hydrogens (tertiary/aromatic N) is 1. The largest absolute Gasteiger partial charge is 0.491 e. The average Bonchev–Trinajstić information content (AvgIpc) is 3.30. The van der Waals surface area contributed by atoms with Crippen molar-refractivity contribution in [3.8, 4) is 5.75 Å². The highest BCUT2D eigenvalue weighted by Gasteiger charge is 2.30. The average molecular weight is 388 g/mol. The van der Waals surface area contributed by atoms with E-state index in [4.69, 9.17) is 9.47 Å². The van der Waals surface area contributed by atoms with Crippen molar-refractivity contribution in [2.45, 2.75) is 45.3 Å². The van der Waals surface area contributed by atoms with E-state index in [1.165, 1.54) is 5.56 Å². The second-order valence-electron chi connectivity index (χ2n) is 6.95. The number of hydrogen-bond acceptors (Lipinski definition) is 5. The molecular formula is C21H25NO4S. The van der Waals surface area contributed by atoms with Gasteiger partial charge in [0.25, 0.3) is 5.91 Å². The van der Waals surface area contributed by atoms with Gasteiger partial charge in [-0.2, -0.15) is 11.3 Å². The molecule has 1 atom stereocenters. The number of thiophene rings is 1. The van der Waals surface area contributed by atoms with Gasteiger partial charge in [-0.1, -0.05) is 12.1 Å². The Morgan fingerprint density at radius 3 is 2.89 bits per heavy atom. The molecule has 6 heteroatoms. The summed E-state index contributed by atoms with van der Waals surface area (Å²) < 4.78 is 10.9. The SMILES string of the molecule is CC(C)Oc1cccc(CC(=O)OCC(=O)N2CCCC2c2ccsc2)c1. The molecule has 1 aliphatic rings. The van der Waals surface area contributed by atoms with Crippen LogP contribution in [0, 0.1) is 0 Å². The third-order valence-corrected chi connectivity index (χ3v) is 5.18. The Bertz CT molecular complexity index is 772. The minimum Gasteiger partial charge on any atom is -0.491 e. The number of benzene rings is 1. The second kappa shape index (κ2) is 9.04. The summed E-state index contributed by atoms with van der Waals surface area (Å²) in [6.07, 6.45) is 2.12. The summed E-state index contributed by atoms with van der Waals surface area (Å²) in [4.78, 5) is 26.5. The highest BCUT2D eigenvalue weighted by atomic mass is 32.1. The van der Waals surface area contributed by atoms with Crippen molar-refractivity contribution >= 4 is 23.2 Å². The molecular weight excluding hydrogens is 362 g/mol. The fourth-order valence-corrected chi connectivity index (χ4v) is 4.03. The molecule has 1 aliphatic heterocycles. The lowest BCUT2D eigenvalue weighted by molar-refractivity contribution is -0.151. The molecule has 0 radical (unpaired) electrons. The lowest BCUT2D eigenvalue weighted by Gasteiger charge is -2.24. The standard InChI is InChI=1S/C21H25NO4S/c1-15(2)26-18-6-3-5-16(11-18)12-21(24)25-13-20(23)22-9-4-7-19(22)17-8-10-27-14-17/h3,5-6,8,10-11,14-15,19H,4,7,9,12-13H2,1-2H3. The van der Waals surface area contributed by atoms with Gasteiger partial charge < -0.3 is 14.4 Å². The van der Waals surface area contributed by atoms with Crippen LogP contribution in [0.2, 0.25) is 0 Å². The molecule has 0 aliphatic carbocycles. The first-order valence-electron chi connectivity index (χ1n) is 9.25. The molecule has 3 rings (SSSR count). The molecule has 0 saturated carbocycles. The minimum absolute atomic E-state index is 0.0708. The molecule has 27 heavy (non-hydrogen) atoms. The normalized spacial score (nSPS) is 16.6. The molecule has 1 unspecified atom stereocenters. The number of ether oxygens (including phenoxy) is 2. The Hall–Kier alpha value is -2.34. The Balaban J connectivity index is 1.51. The number of likely N-dealkylation sites (tertiary alicyclic amines) is 1. The molecule has 2 heterocycles. The van der Waals surface area contributed by atoms with Crippen LogP contribution >= 0.6 is 11.3 Å². The van der Waals surface area contributed by atoms with Gasteiger partial charge in [-0.25, -0.2) is 0 Å². The number of carbonyl (C=O) groups is 2. The van der Waals surface area contributed by atoms with E-state index in [9.17, 15) is 9.59 Å². The third-order valence-electron chi connectivity index (χ3n) is 4.48. The zero-order chi connectivity index (χ0) is 19.2. The third kappa shape index (κ3) is 5.32. The lowest BCUT2D eigenvalue weighted by Crippen LogP contribution is -2.34. The van der Waals surface area contributed by atoms with Crippen molar-refractivity contribution in [1.29, 1.82) is 0 Å². The lowest BCUT2D eigenvalue weighted by atomic mass is 10.1. The molecule has 0 N–H and O–H groups in total. The van der Waals surface area contributed by atoms with Gasteiger partial charge in [0.1, 0.15) is 5.75 Å². The van der Waals surface area contributed by atoms with Crippen LogP contribution in [-0.4, -0.2) is 36.0 Å². The van der Waals surface area contributed by atoms with Gasteiger partial charge in [-0.05, 0) is 66.8 Å². The predicted molar refractivity (Wildman–Crippen MR) is 105 cm³/mol. The minimum atomic E-state index is -0.406. The summed E-state index contributed by atoms with van der Waals surface area (Å²) in [5.74, 6) is 0.187. The second-order valence-corrected chi connectivity index (χ2v) is 7.73. The van der Waals surface area contributed by atoms with Gasteiger partial charge in [0.2, 0.25) is 0 Å². The Kier molecular flexibility index (Phi) is 6.50. The molecule has 1 aromatic heterocycles. The number of hydrogen-bond donors (Lipinski definition) is 0. The molecule has 0 bridgehead atoms. The van der Waals surface area contributed by atoms with Crippen molar-refractivity contribution < 1.29 is 19.1 Å². The fourth-order valence-electron chi connectivity index (χ4n) is 3.32. The van der Waals surface area contributed by atoms with Gasteiger partial charge in [0.15, 0.2) is 6.61 Å². The van der Waals surface area contributed by atoms with Crippen LogP contribution in [0.3, 0.4) is 0 Å². The zero-order valence-electron chi connectivity index (χ0n) is 15.7. The molecule has 1 aromatic carbocycles. The molecule has 0 spiro atoms. The van der Waals surface area contributed by atoms with Gasteiger partial charge in [0.05, 0.1) is 18.6 Å². The van der Waals surface area contributed by atoms with Crippen LogP contribution in [-0.2, 0) is 20.7 Å². The van der Waals surface area contributed by atoms with Crippen LogP contribution in [0.4, 0.5) is 0 Å². The quantitative estimate of drug-likeness (QED) is 0.674. The van der Waals surface area contributed by atoms with Crippen molar-refractivity contribution in [2.75, 3.05) is 13.2 Å².